The second-order valence-corrected chi connectivity index (χ2v) is 2.09. The molecule has 0 aliphatic carbocycles. The van der Waals surface area contributed by atoms with E-state index in [4.69, 9.17) is 4.74 Å². The van der Waals surface area contributed by atoms with Crippen molar-refractivity contribution in [1.29, 1.82) is 0 Å². The summed E-state index contributed by atoms with van der Waals surface area (Å²) >= 11 is 0. The monoisotopic (exact) mass is 142 g/mol. The fraction of sp³-hybridized carbons (Fsp3) is 0.625. The van der Waals surface area contributed by atoms with Crippen molar-refractivity contribution >= 4 is 6.29 Å². The maximum atomic E-state index is 10.2. The lowest BCUT2D eigenvalue weighted by molar-refractivity contribution is -0.117. The van der Waals surface area contributed by atoms with Gasteiger partial charge in [-0.3, -0.25) is 0 Å². The van der Waals surface area contributed by atoms with Crippen molar-refractivity contribution in [3.63, 3.8) is 0 Å². The van der Waals surface area contributed by atoms with Gasteiger partial charge in [-0.25, -0.2) is 0 Å². The van der Waals surface area contributed by atoms with E-state index in [-0.39, 0.29) is 6.10 Å². The maximum absolute atomic E-state index is 10.2. The molecular weight excluding hydrogens is 128 g/mol. The van der Waals surface area contributed by atoms with E-state index in [1.807, 2.05) is 6.92 Å². The van der Waals surface area contributed by atoms with Gasteiger partial charge in [0.05, 0.1) is 6.61 Å². The number of aldehydes is 1. The predicted octanol–water partition coefficient (Wildman–Crippen LogP) is 1.56. The van der Waals surface area contributed by atoms with Gasteiger partial charge in [0.1, 0.15) is 12.4 Å². The standard InChI is InChI=1S/C8H14O2/c1-3-5-8(7-9)10-6-4-2/h4,7-8H,2-3,5-6H2,1H3/t8-/m0/s1. The molecule has 0 unspecified atom stereocenters. The summed E-state index contributed by atoms with van der Waals surface area (Å²) < 4.78 is 5.09. The van der Waals surface area contributed by atoms with E-state index in [0.29, 0.717) is 6.61 Å². The molecule has 58 valence electrons. The number of rotatable bonds is 6. The zero-order valence-electron chi connectivity index (χ0n) is 6.38. The number of carbonyl (C=O) groups is 1. The molecule has 0 radical (unpaired) electrons. The Labute approximate surface area is 61.9 Å². The van der Waals surface area contributed by atoms with E-state index in [0.717, 1.165) is 19.1 Å². The Balaban J connectivity index is 3.38. The molecule has 0 rings (SSSR count). The van der Waals surface area contributed by atoms with E-state index >= 15 is 0 Å². The molecule has 0 aliphatic heterocycles. The third kappa shape index (κ3) is 4.27. The fourth-order valence-corrected chi connectivity index (χ4v) is 0.667. The molecule has 2 nitrogen and oxygen atoms in total. The van der Waals surface area contributed by atoms with E-state index in [1.54, 1.807) is 6.08 Å². The highest BCUT2D eigenvalue weighted by atomic mass is 16.5. The molecule has 0 bridgehead atoms. The van der Waals surface area contributed by atoms with Gasteiger partial charge in [0.2, 0.25) is 0 Å². The quantitative estimate of drug-likeness (QED) is 0.415. The smallest absolute Gasteiger partial charge is 0.148 e. The molecule has 1 atom stereocenters. The average molecular weight is 142 g/mol. The molecule has 0 aromatic carbocycles. The first-order valence-electron chi connectivity index (χ1n) is 3.53. The Hall–Kier alpha value is -0.630. The Morgan fingerprint density at radius 1 is 1.70 bits per heavy atom. The number of hydrogen-bond acceptors (Lipinski definition) is 2. The van der Waals surface area contributed by atoms with E-state index in [1.165, 1.54) is 0 Å². The zero-order valence-corrected chi connectivity index (χ0v) is 6.38. The highest BCUT2D eigenvalue weighted by Gasteiger charge is 2.02. The Morgan fingerprint density at radius 2 is 2.40 bits per heavy atom. The van der Waals surface area contributed by atoms with Crippen LogP contribution in [0.5, 0.6) is 0 Å². The van der Waals surface area contributed by atoms with Crippen molar-refractivity contribution in [3.05, 3.63) is 12.7 Å². The van der Waals surface area contributed by atoms with Crippen molar-refractivity contribution in [1.82, 2.24) is 0 Å². The Bertz CT molecular complexity index is 99.4. The van der Waals surface area contributed by atoms with Crippen molar-refractivity contribution in [2.75, 3.05) is 6.61 Å². The molecule has 10 heavy (non-hydrogen) atoms. The third-order valence-corrected chi connectivity index (χ3v) is 1.15. The van der Waals surface area contributed by atoms with Crippen LogP contribution in [-0.4, -0.2) is 19.0 Å². The van der Waals surface area contributed by atoms with Gasteiger partial charge in [0, 0.05) is 0 Å². The molecule has 0 N–H and O–H groups in total. The van der Waals surface area contributed by atoms with E-state index < -0.39 is 0 Å². The molecule has 0 aromatic rings. The van der Waals surface area contributed by atoms with Crippen LogP contribution in [-0.2, 0) is 9.53 Å². The largest absolute Gasteiger partial charge is 0.367 e. The summed E-state index contributed by atoms with van der Waals surface area (Å²) in [6, 6.07) is 0. The van der Waals surface area contributed by atoms with Gasteiger partial charge in [-0.05, 0) is 6.42 Å². The lowest BCUT2D eigenvalue weighted by Crippen LogP contribution is -2.13. The zero-order chi connectivity index (χ0) is 7.82. The molecule has 0 aliphatic rings. The first-order chi connectivity index (χ1) is 4.85. The Kier molecular flexibility index (Phi) is 6.08. The summed E-state index contributed by atoms with van der Waals surface area (Å²) in [6.45, 7) is 5.97. The second-order valence-electron chi connectivity index (χ2n) is 2.09. The molecule has 2 heteroatoms. The van der Waals surface area contributed by atoms with Crippen LogP contribution in [0.15, 0.2) is 12.7 Å². The number of carbonyl (C=O) groups excluding carboxylic acids is 1. The molecule has 0 amide bonds. The van der Waals surface area contributed by atoms with Crippen LogP contribution < -0.4 is 0 Å². The SMILES string of the molecule is C=CCO[C@H](C=O)CCC. The van der Waals surface area contributed by atoms with Crippen molar-refractivity contribution in [3.8, 4) is 0 Å². The minimum Gasteiger partial charge on any atom is -0.367 e. The van der Waals surface area contributed by atoms with Gasteiger partial charge in [-0.2, -0.15) is 0 Å². The molecule has 0 heterocycles. The summed E-state index contributed by atoms with van der Waals surface area (Å²) in [7, 11) is 0. The van der Waals surface area contributed by atoms with Gasteiger partial charge in [0.25, 0.3) is 0 Å². The molecule has 0 saturated carbocycles. The van der Waals surface area contributed by atoms with Crippen LogP contribution in [0.2, 0.25) is 0 Å². The first kappa shape index (κ1) is 9.37. The molecule has 0 spiro atoms. The lowest BCUT2D eigenvalue weighted by atomic mass is 10.2. The summed E-state index contributed by atoms with van der Waals surface area (Å²) in [6.07, 6.45) is 4.03. The van der Waals surface area contributed by atoms with Crippen molar-refractivity contribution in [2.45, 2.75) is 25.9 Å². The van der Waals surface area contributed by atoms with E-state index in [2.05, 4.69) is 6.58 Å². The average Bonchev–Trinajstić information content (AvgIpc) is 1.98. The minimum atomic E-state index is -0.233. The highest BCUT2D eigenvalue weighted by Crippen LogP contribution is 1.98. The summed E-state index contributed by atoms with van der Waals surface area (Å²) in [5.74, 6) is 0. The molecule has 0 saturated heterocycles. The number of hydrogen-bond donors (Lipinski definition) is 0. The molecule has 0 aromatic heterocycles. The highest BCUT2D eigenvalue weighted by molar-refractivity contribution is 5.55. The second kappa shape index (κ2) is 6.49. The van der Waals surface area contributed by atoms with Crippen molar-refractivity contribution < 1.29 is 9.53 Å². The van der Waals surface area contributed by atoms with Crippen LogP contribution in [0.4, 0.5) is 0 Å². The minimum absolute atomic E-state index is 0.233. The fourth-order valence-electron chi connectivity index (χ4n) is 0.667. The van der Waals surface area contributed by atoms with Gasteiger partial charge in [0.15, 0.2) is 0 Å². The van der Waals surface area contributed by atoms with Crippen LogP contribution in [0, 0.1) is 0 Å². The van der Waals surface area contributed by atoms with Gasteiger partial charge < -0.3 is 9.53 Å². The normalized spacial score (nSPS) is 12.5. The first-order valence-corrected chi connectivity index (χ1v) is 3.53. The van der Waals surface area contributed by atoms with Gasteiger partial charge >= 0.3 is 0 Å². The topological polar surface area (TPSA) is 26.3 Å². The lowest BCUT2D eigenvalue weighted by Gasteiger charge is -2.07. The molecular formula is C8H14O2. The Morgan fingerprint density at radius 3 is 2.80 bits per heavy atom. The summed E-state index contributed by atoms with van der Waals surface area (Å²) in [5.41, 5.74) is 0. The third-order valence-electron chi connectivity index (χ3n) is 1.15. The van der Waals surface area contributed by atoms with Crippen LogP contribution in [0.1, 0.15) is 19.8 Å². The maximum Gasteiger partial charge on any atom is 0.148 e. The van der Waals surface area contributed by atoms with Gasteiger partial charge in [-0.15, -0.1) is 6.58 Å². The van der Waals surface area contributed by atoms with E-state index in [9.17, 15) is 4.79 Å². The van der Waals surface area contributed by atoms with Crippen LogP contribution >= 0.6 is 0 Å². The van der Waals surface area contributed by atoms with Gasteiger partial charge in [-0.1, -0.05) is 19.4 Å². The van der Waals surface area contributed by atoms with Crippen molar-refractivity contribution in [2.24, 2.45) is 0 Å². The molecule has 0 fully saturated rings. The van der Waals surface area contributed by atoms with Crippen LogP contribution in [0.25, 0.3) is 0 Å². The summed E-state index contributed by atoms with van der Waals surface area (Å²) in [5, 5.41) is 0. The van der Waals surface area contributed by atoms with Crippen LogP contribution in [0.3, 0.4) is 0 Å². The summed E-state index contributed by atoms with van der Waals surface area (Å²) in [4.78, 5) is 10.2. The predicted molar refractivity (Wildman–Crippen MR) is 40.9 cm³/mol. The number of ether oxygens (including phenoxy) is 1.